The van der Waals surface area contributed by atoms with Gasteiger partial charge in [0.25, 0.3) is 5.91 Å². The predicted molar refractivity (Wildman–Crippen MR) is 99.8 cm³/mol. The number of ether oxygens (including phenoxy) is 1. The molecule has 0 aromatic carbocycles. The number of alkyl carbamates (subject to hydrolysis) is 1. The molecule has 3 N–H and O–H groups in total. The standard InChI is InChI=1S/C17H28N6O3/c1-17(2,3)26-16(25)19-7-6-12-13(14(18)24)22(5)15(20-12)23-10-8-21(4)9-11-23/h6-7H,8-11H2,1-5H3,(H2,18,24)(H,19,25)/b7-6+. The average molecular weight is 364 g/mol. The van der Waals surface area contributed by atoms with Crippen molar-refractivity contribution in [2.75, 3.05) is 38.1 Å². The summed E-state index contributed by atoms with van der Waals surface area (Å²) in [5.74, 6) is 0.112. The summed E-state index contributed by atoms with van der Waals surface area (Å²) in [6.07, 6.45) is 2.37. The van der Waals surface area contributed by atoms with Crippen LogP contribution in [0.1, 0.15) is 37.0 Å². The molecule has 9 nitrogen and oxygen atoms in total. The number of anilines is 1. The molecule has 26 heavy (non-hydrogen) atoms. The zero-order chi connectivity index (χ0) is 19.5. The van der Waals surface area contributed by atoms with Crippen LogP contribution in [-0.2, 0) is 11.8 Å². The van der Waals surface area contributed by atoms with E-state index >= 15 is 0 Å². The van der Waals surface area contributed by atoms with Gasteiger partial charge in [-0.3, -0.25) is 10.1 Å². The summed E-state index contributed by atoms with van der Waals surface area (Å²) in [6.45, 7) is 8.82. The van der Waals surface area contributed by atoms with Gasteiger partial charge in [0.1, 0.15) is 11.3 Å². The SMILES string of the molecule is CN1CCN(c2nc(/C=C/NC(=O)OC(C)(C)C)c(C(N)=O)n2C)CC1. The molecule has 2 heterocycles. The lowest BCUT2D eigenvalue weighted by atomic mass is 10.2. The van der Waals surface area contributed by atoms with Gasteiger partial charge < -0.3 is 24.8 Å². The Hall–Kier alpha value is -2.55. The molecular formula is C17H28N6O3. The Bertz CT molecular complexity index is 696. The summed E-state index contributed by atoms with van der Waals surface area (Å²) in [4.78, 5) is 32.5. The molecule has 0 atom stereocenters. The first-order valence-corrected chi connectivity index (χ1v) is 8.54. The van der Waals surface area contributed by atoms with Crippen LogP contribution in [0.2, 0.25) is 0 Å². The molecule has 2 amide bonds. The van der Waals surface area contributed by atoms with E-state index in [1.807, 2.05) is 0 Å². The van der Waals surface area contributed by atoms with Crippen molar-refractivity contribution in [2.24, 2.45) is 12.8 Å². The number of aromatic nitrogens is 2. The second-order valence-electron chi connectivity index (χ2n) is 7.34. The Labute approximate surface area is 153 Å². The molecule has 0 unspecified atom stereocenters. The van der Waals surface area contributed by atoms with Crippen LogP contribution in [-0.4, -0.2) is 65.3 Å². The van der Waals surface area contributed by atoms with Gasteiger partial charge in [0.15, 0.2) is 0 Å². The minimum absolute atomic E-state index is 0.293. The fourth-order valence-electron chi connectivity index (χ4n) is 2.70. The van der Waals surface area contributed by atoms with Gasteiger partial charge in [-0.05, 0) is 33.9 Å². The van der Waals surface area contributed by atoms with Crippen molar-refractivity contribution in [3.8, 4) is 0 Å². The maximum Gasteiger partial charge on any atom is 0.411 e. The van der Waals surface area contributed by atoms with Crippen LogP contribution in [0.5, 0.6) is 0 Å². The Morgan fingerprint density at radius 2 is 1.81 bits per heavy atom. The lowest BCUT2D eigenvalue weighted by molar-refractivity contribution is 0.0552. The predicted octanol–water partition coefficient (Wildman–Crippen LogP) is 0.766. The second kappa shape index (κ2) is 7.77. The third-order valence-corrected chi connectivity index (χ3v) is 3.96. The van der Waals surface area contributed by atoms with Gasteiger partial charge in [0, 0.05) is 39.4 Å². The lowest BCUT2D eigenvalue weighted by Crippen LogP contribution is -2.45. The van der Waals surface area contributed by atoms with Crippen molar-refractivity contribution < 1.29 is 14.3 Å². The van der Waals surface area contributed by atoms with E-state index < -0.39 is 17.6 Å². The number of nitrogens with two attached hydrogens (primary N) is 1. The number of imidazole rings is 1. The van der Waals surface area contributed by atoms with E-state index in [2.05, 4.69) is 27.1 Å². The molecule has 0 saturated carbocycles. The van der Waals surface area contributed by atoms with Crippen LogP contribution >= 0.6 is 0 Å². The quantitative estimate of drug-likeness (QED) is 0.817. The number of rotatable bonds is 4. The zero-order valence-electron chi connectivity index (χ0n) is 16.1. The van der Waals surface area contributed by atoms with E-state index in [-0.39, 0.29) is 0 Å². The van der Waals surface area contributed by atoms with Crippen LogP contribution in [0.25, 0.3) is 6.08 Å². The van der Waals surface area contributed by atoms with Crippen LogP contribution in [0.4, 0.5) is 10.7 Å². The van der Waals surface area contributed by atoms with Gasteiger partial charge in [0.2, 0.25) is 5.95 Å². The van der Waals surface area contributed by atoms with Gasteiger partial charge in [-0.2, -0.15) is 0 Å². The highest BCUT2D eigenvalue weighted by molar-refractivity contribution is 5.95. The third kappa shape index (κ3) is 4.98. The van der Waals surface area contributed by atoms with Crippen LogP contribution in [0.15, 0.2) is 6.20 Å². The number of amides is 2. The summed E-state index contributed by atoms with van der Waals surface area (Å²) < 4.78 is 6.85. The van der Waals surface area contributed by atoms with E-state index in [1.54, 1.807) is 38.5 Å². The van der Waals surface area contributed by atoms with Crippen molar-refractivity contribution >= 4 is 24.0 Å². The van der Waals surface area contributed by atoms with Crippen molar-refractivity contribution in [1.29, 1.82) is 0 Å². The summed E-state index contributed by atoms with van der Waals surface area (Å²) in [5, 5.41) is 2.50. The van der Waals surface area contributed by atoms with Crippen LogP contribution in [0, 0.1) is 0 Å². The minimum atomic E-state index is -0.587. The number of piperazine rings is 1. The fraction of sp³-hybridized carbons (Fsp3) is 0.588. The maximum atomic E-state index is 11.9. The highest BCUT2D eigenvalue weighted by atomic mass is 16.6. The summed E-state index contributed by atoms with van der Waals surface area (Å²) >= 11 is 0. The molecule has 9 heteroatoms. The Morgan fingerprint density at radius 1 is 1.19 bits per heavy atom. The molecule has 0 radical (unpaired) electrons. The van der Waals surface area contributed by atoms with Crippen molar-refractivity contribution in [3.05, 3.63) is 17.6 Å². The van der Waals surface area contributed by atoms with Gasteiger partial charge in [0.05, 0.1) is 5.69 Å². The van der Waals surface area contributed by atoms with Crippen LogP contribution in [0.3, 0.4) is 0 Å². The highest BCUT2D eigenvalue weighted by Gasteiger charge is 2.23. The Kier molecular flexibility index (Phi) is 5.91. The molecule has 0 spiro atoms. The molecule has 0 bridgehead atoms. The number of likely N-dealkylation sites (N-methyl/N-ethyl adjacent to an activating group) is 1. The molecule has 1 aromatic rings. The fourth-order valence-corrected chi connectivity index (χ4v) is 2.70. The maximum absolute atomic E-state index is 11.9. The number of primary amides is 1. The smallest absolute Gasteiger partial charge is 0.411 e. The van der Waals surface area contributed by atoms with E-state index in [0.717, 1.165) is 26.2 Å². The summed E-state index contributed by atoms with van der Waals surface area (Å²) in [6, 6.07) is 0. The molecular weight excluding hydrogens is 336 g/mol. The number of nitrogens with zero attached hydrogens (tertiary/aromatic N) is 4. The normalized spacial score (nSPS) is 16.1. The summed E-state index contributed by atoms with van der Waals surface area (Å²) in [7, 11) is 3.83. The van der Waals surface area contributed by atoms with E-state index in [4.69, 9.17) is 10.5 Å². The Morgan fingerprint density at radius 3 is 2.35 bits per heavy atom. The lowest BCUT2D eigenvalue weighted by Gasteiger charge is -2.33. The number of nitrogens with one attached hydrogen (secondary N) is 1. The molecule has 144 valence electrons. The number of hydrogen-bond donors (Lipinski definition) is 2. The first-order chi connectivity index (χ1) is 12.1. The molecule has 1 aliphatic rings. The topological polar surface area (TPSA) is 106 Å². The monoisotopic (exact) mass is 364 g/mol. The van der Waals surface area contributed by atoms with Crippen LogP contribution < -0.4 is 16.0 Å². The second-order valence-corrected chi connectivity index (χ2v) is 7.34. The minimum Gasteiger partial charge on any atom is -0.444 e. The molecule has 1 aromatic heterocycles. The first kappa shape index (κ1) is 19.8. The van der Waals surface area contributed by atoms with Crippen molar-refractivity contribution in [2.45, 2.75) is 26.4 Å². The highest BCUT2D eigenvalue weighted by Crippen LogP contribution is 2.20. The van der Waals surface area contributed by atoms with E-state index in [0.29, 0.717) is 17.3 Å². The largest absolute Gasteiger partial charge is 0.444 e. The molecule has 1 saturated heterocycles. The first-order valence-electron chi connectivity index (χ1n) is 8.54. The number of carbonyl (C=O) groups is 2. The van der Waals surface area contributed by atoms with Crippen molar-refractivity contribution in [1.82, 2.24) is 19.8 Å². The molecule has 0 aliphatic carbocycles. The van der Waals surface area contributed by atoms with Crippen molar-refractivity contribution in [3.63, 3.8) is 0 Å². The molecule has 1 fully saturated rings. The van der Waals surface area contributed by atoms with Gasteiger partial charge >= 0.3 is 6.09 Å². The summed E-state index contributed by atoms with van der Waals surface area (Å²) in [5.41, 5.74) is 5.64. The number of carbonyl (C=O) groups excluding carboxylic acids is 2. The molecule has 2 rings (SSSR count). The third-order valence-electron chi connectivity index (χ3n) is 3.96. The molecule has 1 aliphatic heterocycles. The van der Waals surface area contributed by atoms with Gasteiger partial charge in [-0.15, -0.1) is 0 Å². The van der Waals surface area contributed by atoms with E-state index in [9.17, 15) is 9.59 Å². The van der Waals surface area contributed by atoms with E-state index in [1.165, 1.54) is 6.20 Å². The average Bonchev–Trinajstić information content (AvgIpc) is 2.83. The Balaban J connectivity index is 2.17. The van der Waals surface area contributed by atoms with Gasteiger partial charge in [-0.1, -0.05) is 0 Å². The zero-order valence-corrected chi connectivity index (χ0v) is 16.1. The van der Waals surface area contributed by atoms with Gasteiger partial charge in [-0.25, -0.2) is 9.78 Å². The number of hydrogen-bond acceptors (Lipinski definition) is 6.